The third-order valence-corrected chi connectivity index (χ3v) is 6.59. The Morgan fingerprint density at radius 2 is 1.62 bits per heavy atom. The monoisotopic (exact) mass is 468 g/mol. The molecule has 2 aliphatic rings. The summed E-state index contributed by atoms with van der Waals surface area (Å²) in [5.74, 6) is -1.59. The number of imide groups is 1. The summed E-state index contributed by atoms with van der Waals surface area (Å²) in [6.07, 6.45) is 0. The van der Waals surface area contributed by atoms with Gasteiger partial charge in [-0.3, -0.25) is 19.7 Å². The molecule has 2 amide bonds. The Kier molecular flexibility index (Phi) is 6.22. The zero-order valence-electron chi connectivity index (χ0n) is 19.8. The minimum Gasteiger partial charge on any atom is -0.497 e. The number of esters is 1. The van der Waals surface area contributed by atoms with Crippen LogP contribution in [0, 0.1) is 11.8 Å². The summed E-state index contributed by atoms with van der Waals surface area (Å²) < 4.78 is 21.4. The second kappa shape index (κ2) is 8.98. The van der Waals surface area contributed by atoms with Gasteiger partial charge in [-0.25, -0.2) is 4.90 Å². The van der Waals surface area contributed by atoms with E-state index in [-0.39, 0.29) is 6.61 Å². The predicted molar refractivity (Wildman–Crippen MR) is 123 cm³/mol. The molecule has 0 aliphatic carbocycles. The molecule has 0 aromatic heterocycles. The summed E-state index contributed by atoms with van der Waals surface area (Å²) in [5, 5.41) is 3.25. The summed E-state index contributed by atoms with van der Waals surface area (Å²) in [4.78, 5) is 41.7. The standard InChI is InChI=1S/C25H28N2O7/c1-6-34-24(30)25(2)20-19(21(26-25)17-12-11-16(32-4)13-18(17)33-5)22(28)27(23(20)29)14-7-9-15(31-3)10-8-14/h7-13,19-21,26H,6H2,1-5H3/t19-,20-,21-,25-/m1/s1. The lowest BCUT2D eigenvalue weighted by Crippen LogP contribution is -2.54. The number of benzene rings is 2. The van der Waals surface area contributed by atoms with Crippen LogP contribution in [0.2, 0.25) is 0 Å². The predicted octanol–water partition coefficient (Wildman–Crippen LogP) is 2.48. The molecule has 9 heteroatoms. The molecule has 4 rings (SSSR count). The quantitative estimate of drug-likeness (QED) is 0.488. The van der Waals surface area contributed by atoms with E-state index in [0.717, 1.165) is 4.90 Å². The Morgan fingerprint density at radius 1 is 0.971 bits per heavy atom. The molecule has 2 aliphatic heterocycles. The number of hydrogen-bond acceptors (Lipinski definition) is 8. The molecule has 34 heavy (non-hydrogen) atoms. The highest BCUT2D eigenvalue weighted by Gasteiger charge is 2.67. The van der Waals surface area contributed by atoms with E-state index in [1.165, 1.54) is 14.2 Å². The highest BCUT2D eigenvalue weighted by Crippen LogP contribution is 2.51. The molecule has 2 aromatic carbocycles. The lowest BCUT2D eigenvalue weighted by Gasteiger charge is -2.29. The van der Waals surface area contributed by atoms with Crippen molar-refractivity contribution in [1.82, 2.24) is 5.32 Å². The Hall–Kier alpha value is -3.59. The first-order valence-electron chi connectivity index (χ1n) is 11.0. The number of nitrogens with one attached hydrogen (secondary N) is 1. The van der Waals surface area contributed by atoms with Crippen molar-refractivity contribution in [3.05, 3.63) is 48.0 Å². The molecule has 2 aromatic rings. The molecule has 0 spiro atoms. The summed E-state index contributed by atoms with van der Waals surface area (Å²) in [6, 6.07) is 11.2. The molecule has 2 saturated heterocycles. The van der Waals surface area contributed by atoms with E-state index in [0.29, 0.717) is 28.5 Å². The average molecular weight is 469 g/mol. The number of hydrogen-bond donors (Lipinski definition) is 1. The second-order valence-electron chi connectivity index (χ2n) is 8.37. The maximum atomic E-state index is 13.7. The van der Waals surface area contributed by atoms with Crippen molar-refractivity contribution in [1.29, 1.82) is 0 Å². The average Bonchev–Trinajstić information content (AvgIpc) is 3.32. The van der Waals surface area contributed by atoms with E-state index in [1.807, 2.05) is 0 Å². The smallest absolute Gasteiger partial charge is 0.326 e. The maximum Gasteiger partial charge on any atom is 0.326 e. The van der Waals surface area contributed by atoms with Gasteiger partial charge >= 0.3 is 5.97 Å². The fourth-order valence-electron chi connectivity index (χ4n) is 4.94. The zero-order chi connectivity index (χ0) is 24.6. The highest BCUT2D eigenvalue weighted by atomic mass is 16.5. The normalized spacial score (nSPS) is 25.8. The van der Waals surface area contributed by atoms with Crippen LogP contribution in [0.3, 0.4) is 0 Å². The Labute approximate surface area is 197 Å². The van der Waals surface area contributed by atoms with Crippen LogP contribution in [0.4, 0.5) is 5.69 Å². The van der Waals surface area contributed by atoms with Crippen molar-refractivity contribution in [3.8, 4) is 17.2 Å². The zero-order valence-corrected chi connectivity index (χ0v) is 19.8. The molecular formula is C25H28N2O7. The number of methoxy groups -OCH3 is 3. The summed E-state index contributed by atoms with van der Waals surface area (Å²) in [5.41, 5.74) is -0.356. The van der Waals surface area contributed by atoms with Crippen molar-refractivity contribution in [2.45, 2.75) is 25.4 Å². The summed E-state index contributed by atoms with van der Waals surface area (Å²) in [7, 11) is 4.59. The molecule has 0 radical (unpaired) electrons. The number of anilines is 1. The first-order valence-corrected chi connectivity index (χ1v) is 11.0. The van der Waals surface area contributed by atoms with Gasteiger partial charge in [-0.05, 0) is 44.2 Å². The van der Waals surface area contributed by atoms with Crippen LogP contribution in [-0.4, -0.2) is 51.3 Å². The number of carbonyl (C=O) groups is 3. The molecule has 0 saturated carbocycles. The van der Waals surface area contributed by atoms with Gasteiger partial charge in [0, 0.05) is 17.7 Å². The van der Waals surface area contributed by atoms with E-state index in [4.69, 9.17) is 18.9 Å². The van der Waals surface area contributed by atoms with Crippen molar-refractivity contribution < 1.29 is 33.3 Å². The van der Waals surface area contributed by atoms with Gasteiger partial charge in [0.2, 0.25) is 11.8 Å². The number of rotatable bonds is 7. The van der Waals surface area contributed by atoms with Gasteiger partial charge < -0.3 is 18.9 Å². The van der Waals surface area contributed by atoms with Gasteiger partial charge in [0.1, 0.15) is 22.8 Å². The van der Waals surface area contributed by atoms with Gasteiger partial charge in [-0.1, -0.05) is 6.07 Å². The minimum absolute atomic E-state index is 0.147. The molecule has 2 fully saturated rings. The van der Waals surface area contributed by atoms with Crippen LogP contribution in [0.15, 0.2) is 42.5 Å². The third kappa shape index (κ3) is 3.56. The Morgan fingerprint density at radius 3 is 2.21 bits per heavy atom. The lowest BCUT2D eigenvalue weighted by molar-refractivity contribution is -0.153. The van der Waals surface area contributed by atoms with Crippen LogP contribution in [0.5, 0.6) is 17.2 Å². The lowest BCUT2D eigenvalue weighted by atomic mass is 9.80. The van der Waals surface area contributed by atoms with Gasteiger partial charge in [0.25, 0.3) is 0 Å². The van der Waals surface area contributed by atoms with Crippen LogP contribution in [-0.2, 0) is 19.1 Å². The van der Waals surface area contributed by atoms with Gasteiger partial charge in [0.05, 0.1) is 45.5 Å². The van der Waals surface area contributed by atoms with E-state index >= 15 is 0 Å². The fraction of sp³-hybridized carbons (Fsp3) is 0.400. The molecule has 180 valence electrons. The number of carbonyl (C=O) groups excluding carboxylic acids is 3. The molecule has 9 nitrogen and oxygen atoms in total. The third-order valence-electron chi connectivity index (χ3n) is 6.59. The minimum atomic E-state index is -1.41. The van der Waals surface area contributed by atoms with E-state index in [2.05, 4.69) is 5.32 Å². The first kappa shape index (κ1) is 23.6. The number of fused-ring (bicyclic) bond motifs is 1. The van der Waals surface area contributed by atoms with Crippen molar-refractivity contribution >= 4 is 23.5 Å². The van der Waals surface area contributed by atoms with Crippen molar-refractivity contribution in [2.24, 2.45) is 11.8 Å². The molecule has 0 bridgehead atoms. The van der Waals surface area contributed by atoms with Crippen LogP contribution >= 0.6 is 0 Å². The summed E-state index contributed by atoms with van der Waals surface area (Å²) >= 11 is 0. The SMILES string of the molecule is CCOC(=O)[C@]1(C)N[C@H](c2ccc(OC)cc2OC)[C@@H]2C(=O)N(c3ccc(OC)cc3)C(=O)[C@@H]21. The first-order chi connectivity index (χ1) is 16.3. The van der Waals surface area contributed by atoms with Crippen LogP contribution in [0.25, 0.3) is 0 Å². The van der Waals surface area contributed by atoms with E-state index in [9.17, 15) is 14.4 Å². The van der Waals surface area contributed by atoms with E-state index < -0.39 is 41.2 Å². The van der Waals surface area contributed by atoms with E-state index in [1.54, 1.807) is 63.4 Å². The number of nitrogens with zero attached hydrogens (tertiary/aromatic N) is 1. The second-order valence-corrected chi connectivity index (χ2v) is 8.37. The molecule has 4 atom stereocenters. The molecule has 2 heterocycles. The largest absolute Gasteiger partial charge is 0.497 e. The summed E-state index contributed by atoms with van der Waals surface area (Å²) in [6.45, 7) is 3.46. The van der Waals surface area contributed by atoms with Gasteiger partial charge in [0.15, 0.2) is 0 Å². The Bertz CT molecular complexity index is 1120. The fourth-order valence-corrected chi connectivity index (χ4v) is 4.94. The van der Waals surface area contributed by atoms with Gasteiger partial charge in [-0.2, -0.15) is 0 Å². The van der Waals surface area contributed by atoms with Gasteiger partial charge in [-0.15, -0.1) is 0 Å². The number of amides is 2. The Balaban J connectivity index is 1.82. The van der Waals surface area contributed by atoms with Crippen molar-refractivity contribution in [3.63, 3.8) is 0 Å². The molecule has 1 N–H and O–H groups in total. The molecule has 0 unspecified atom stereocenters. The maximum absolute atomic E-state index is 13.7. The highest BCUT2D eigenvalue weighted by molar-refractivity contribution is 6.24. The van der Waals surface area contributed by atoms with Crippen LogP contribution < -0.4 is 24.4 Å². The number of ether oxygens (including phenoxy) is 4. The molecular weight excluding hydrogens is 440 g/mol. The van der Waals surface area contributed by atoms with Crippen molar-refractivity contribution in [2.75, 3.05) is 32.8 Å². The van der Waals surface area contributed by atoms with Crippen LogP contribution in [0.1, 0.15) is 25.5 Å². The topological polar surface area (TPSA) is 103 Å².